The quantitative estimate of drug-likeness (QED) is 0.860. The zero-order valence-electron chi connectivity index (χ0n) is 11.9. The van der Waals surface area contributed by atoms with Crippen LogP contribution in [0.25, 0.3) is 0 Å². The molecule has 2 rings (SSSR count). The fourth-order valence-electron chi connectivity index (χ4n) is 2.04. The van der Waals surface area contributed by atoms with Gasteiger partial charge in [0.15, 0.2) is 6.54 Å². The molecule has 0 unspecified atom stereocenters. The molecular weight excluding hydrogens is 326 g/mol. The van der Waals surface area contributed by atoms with Crippen molar-refractivity contribution in [1.82, 2.24) is 0 Å². The highest BCUT2D eigenvalue weighted by Gasteiger charge is 2.14. The first-order valence-electron chi connectivity index (χ1n) is 6.80. The highest BCUT2D eigenvalue weighted by atomic mass is 35.5. The number of carbonyl (C=O) groups excluding carboxylic acids is 1. The molecule has 0 heterocycles. The van der Waals surface area contributed by atoms with Gasteiger partial charge in [0.25, 0.3) is 5.91 Å². The molecule has 3 nitrogen and oxygen atoms in total. The molecule has 0 aliphatic carbocycles. The van der Waals surface area contributed by atoms with Crippen molar-refractivity contribution in [3.63, 3.8) is 0 Å². The summed E-state index contributed by atoms with van der Waals surface area (Å²) in [7, 11) is 0. The second-order valence-electron chi connectivity index (χ2n) is 4.93. The van der Waals surface area contributed by atoms with E-state index in [1.807, 2.05) is 36.5 Å². The Kier molecular flexibility index (Phi) is 5.77. The molecule has 0 bridgehead atoms. The van der Waals surface area contributed by atoms with E-state index in [4.69, 9.17) is 23.2 Å². The highest BCUT2D eigenvalue weighted by molar-refractivity contribution is 6.31. The third kappa shape index (κ3) is 4.44. The molecule has 116 valence electrons. The Hall–Kier alpha value is -1.62. The van der Waals surface area contributed by atoms with Crippen LogP contribution >= 0.6 is 23.2 Å². The average molecular weight is 342 g/mol. The zero-order chi connectivity index (χ0) is 16.1. The monoisotopic (exact) mass is 341 g/mol. The van der Waals surface area contributed by atoms with E-state index < -0.39 is 5.82 Å². The predicted octanol–water partition coefficient (Wildman–Crippen LogP) is 3.40. The zero-order valence-corrected chi connectivity index (χ0v) is 13.5. The van der Waals surface area contributed by atoms with E-state index in [0.717, 1.165) is 5.56 Å². The summed E-state index contributed by atoms with van der Waals surface area (Å²) in [5.41, 5.74) is 1.44. The molecule has 0 fully saturated rings. The number of hydrogen-bond acceptors (Lipinski definition) is 1. The summed E-state index contributed by atoms with van der Waals surface area (Å²) in [6.07, 6.45) is 0. The molecule has 0 aliphatic rings. The molecule has 1 atom stereocenters. The lowest BCUT2D eigenvalue weighted by Crippen LogP contribution is -2.86. The minimum Gasteiger partial charge on any atom is -0.332 e. The molecule has 6 heteroatoms. The van der Waals surface area contributed by atoms with Crippen molar-refractivity contribution in [2.24, 2.45) is 0 Å². The summed E-state index contributed by atoms with van der Waals surface area (Å²) >= 11 is 11.8. The van der Waals surface area contributed by atoms with E-state index >= 15 is 0 Å². The van der Waals surface area contributed by atoms with E-state index in [-0.39, 0.29) is 23.5 Å². The number of benzene rings is 2. The van der Waals surface area contributed by atoms with Crippen LogP contribution in [0, 0.1) is 5.82 Å². The van der Waals surface area contributed by atoms with Gasteiger partial charge in [-0.25, -0.2) is 4.39 Å². The van der Waals surface area contributed by atoms with Crippen LogP contribution < -0.4 is 10.6 Å². The SMILES string of the molecule is C[C@@H]([NH2+]CC(=O)Nc1ccc(F)c(Cl)c1)c1ccccc1Cl. The van der Waals surface area contributed by atoms with Gasteiger partial charge in [-0.15, -0.1) is 0 Å². The Labute approximate surface area is 138 Å². The maximum atomic E-state index is 13.1. The van der Waals surface area contributed by atoms with Gasteiger partial charge in [0.1, 0.15) is 11.9 Å². The van der Waals surface area contributed by atoms with Gasteiger partial charge < -0.3 is 10.6 Å². The molecular formula is C16H16Cl2FN2O+. The Morgan fingerprint density at radius 3 is 2.64 bits per heavy atom. The van der Waals surface area contributed by atoms with E-state index in [0.29, 0.717) is 10.7 Å². The van der Waals surface area contributed by atoms with Gasteiger partial charge in [-0.3, -0.25) is 4.79 Å². The van der Waals surface area contributed by atoms with Crippen molar-refractivity contribution >= 4 is 34.8 Å². The summed E-state index contributed by atoms with van der Waals surface area (Å²) in [5.74, 6) is -0.708. The van der Waals surface area contributed by atoms with Crippen LogP contribution in [0.3, 0.4) is 0 Å². The van der Waals surface area contributed by atoms with Crippen LogP contribution in [0.4, 0.5) is 10.1 Å². The van der Waals surface area contributed by atoms with Crippen molar-refractivity contribution in [2.45, 2.75) is 13.0 Å². The van der Waals surface area contributed by atoms with E-state index in [1.54, 1.807) is 0 Å². The van der Waals surface area contributed by atoms with Gasteiger partial charge in [-0.2, -0.15) is 0 Å². The molecule has 0 radical (unpaired) electrons. The number of amides is 1. The second kappa shape index (κ2) is 7.58. The number of hydrogen-bond donors (Lipinski definition) is 2. The van der Waals surface area contributed by atoms with E-state index in [9.17, 15) is 9.18 Å². The van der Waals surface area contributed by atoms with Crippen LogP contribution in [0.15, 0.2) is 42.5 Å². The molecule has 0 aromatic heterocycles. The van der Waals surface area contributed by atoms with Crippen molar-refractivity contribution < 1.29 is 14.5 Å². The average Bonchev–Trinajstić information content (AvgIpc) is 2.49. The van der Waals surface area contributed by atoms with E-state index in [1.165, 1.54) is 18.2 Å². The van der Waals surface area contributed by atoms with Crippen LogP contribution in [-0.2, 0) is 4.79 Å². The molecule has 0 saturated carbocycles. The molecule has 22 heavy (non-hydrogen) atoms. The fourth-order valence-corrected chi connectivity index (χ4v) is 2.53. The molecule has 3 N–H and O–H groups in total. The normalized spacial score (nSPS) is 12.0. The highest BCUT2D eigenvalue weighted by Crippen LogP contribution is 2.20. The minimum atomic E-state index is -0.515. The van der Waals surface area contributed by atoms with Crippen LogP contribution in [0.5, 0.6) is 0 Å². The number of nitrogens with one attached hydrogen (secondary N) is 1. The summed E-state index contributed by atoms with van der Waals surface area (Å²) < 4.78 is 13.1. The van der Waals surface area contributed by atoms with Gasteiger partial charge in [0.05, 0.1) is 5.02 Å². The first-order valence-corrected chi connectivity index (χ1v) is 7.55. The van der Waals surface area contributed by atoms with Crippen molar-refractivity contribution in [1.29, 1.82) is 0 Å². The van der Waals surface area contributed by atoms with Gasteiger partial charge in [-0.1, -0.05) is 41.4 Å². The van der Waals surface area contributed by atoms with Gasteiger partial charge in [0, 0.05) is 16.3 Å². The summed E-state index contributed by atoms with van der Waals surface area (Å²) in [4.78, 5) is 11.9. The summed E-state index contributed by atoms with van der Waals surface area (Å²) in [5, 5.41) is 5.21. The van der Waals surface area contributed by atoms with Crippen molar-refractivity contribution in [2.75, 3.05) is 11.9 Å². The Bertz CT molecular complexity index is 679. The molecule has 2 aromatic carbocycles. The second-order valence-corrected chi connectivity index (χ2v) is 5.74. The topological polar surface area (TPSA) is 45.7 Å². The number of carbonyl (C=O) groups is 1. The van der Waals surface area contributed by atoms with Crippen LogP contribution in [0.2, 0.25) is 10.0 Å². The van der Waals surface area contributed by atoms with Gasteiger partial charge in [0.2, 0.25) is 0 Å². The minimum absolute atomic E-state index is 0.0220. The Morgan fingerprint density at radius 2 is 1.95 bits per heavy atom. The number of rotatable bonds is 5. The predicted molar refractivity (Wildman–Crippen MR) is 86.7 cm³/mol. The van der Waals surface area contributed by atoms with Crippen molar-refractivity contribution in [3.05, 3.63) is 63.9 Å². The number of anilines is 1. The van der Waals surface area contributed by atoms with Crippen LogP contribution in [0.1, 0.15) is 18.5 Å². The van der Waals surface area contributed by atoms with Crippen LogP contribution in [-0.4, -0.2) is 12.5 Å². The number of quaternary nitrogens is 1. The van der Waals surface area contributed by atoms with Gasteiger partial charge >= 0.3 is 0 Å². The molecule has 0 saturated heterocycles. The third-order valence-corrected chi connectivity index (χ3v) is 3.89. The lowest BCUT2D eigenvalue weighted by Gasteiger charge is -2.12. The largest absolute Gasteiger partial charge is 0.332 e. The van der Waals surface area contributed by atoms with E-state index in [2.05, 4.69) is 5.32 Å². The number of halogens is 3. The smallest absolute Gasteiger partial charge is 0.279 e. The molecule has 1 amide bonds. The molecule has 0 spiro atoms. The summed E-state index contributed by atoms with van der Waals surface area (Å²) in [6, 6.07) is 11.6. The molecule has 2 aromatic rings. The lowest BCUT2D eigenvalue weighted by molar-refractivity contribution is -0.682. The summed E-state index contributed by atoms with van der Waals surface area (Å²) in [6.45, 7) is 2.20. The Balaban J connectivity index is 1.90. The first kappa shape index (κ1) is 16.7. The third-order valence-electron chi connectivity index (χ3n) is 3.26. The maximum Gasteiger partial charge on any atom is 0.279 e. The molecule has 0 aliphatic heterocycles. The number of nitrogens with two attached hydrogens (primary N) is 1. The maximum absolute atomic E-state index is 13.1. The van der Waals surface area contributed by atoms with Gasteiger partial charge in [-0.05, 0) is 31.2 Å². The first-order chi connectivity index (χ1) is 10.5. The lowest BCUT2D eigenvalue weighted by atomic mass is 10.1. The standard InChI is InChI=1S/C16H15Cl2FN2O/c1-10(12-4-2-3-5-13(12)17)20-9-16(22)21-11-6-7-15(19)14(18)8-11/h2-8,10,20H,9H2,1H3,(H,21,22)/p+1/t10-/m1/s1. The fraction of sp³-hybridized carbons (Fsp3) is 0.188. The Morgan fingerprint density at radius 1 is 1.23 bits per heavy atom. The van der Waals surface area contributed by atoms with Crippen molar-refractivity contribution in [3.8, 4) is 0 Å².